The molecule has 2 aliphatic carbocycles. The van der Waals surface area contributed by atoms with Gasteiger partial charge >= 0.3 is 50.5 Å². The number of hydrogen-bond donors (Lipinski definition) is 1. The van der Waals surface area contributed by atoms with Crippen molar-refractivity contribution in [3.8, 4) is 0 Å². The van der Waals surface area contributed by atoms with E-state index in [9.17, 15) is 9.59 Å². The fraction of sp³-hybridized carbons (Fsp3) is 0.378. The topological polar surface area (TPSA) is 81.7 Å². The molecule has 0 unspecified atom stereocenters. The summed E-state index contributed by atoms with van der Waals surface area (Å²) >= 11 is 25.3. The third kappa shape index (κ3) is 13.9. The van der Waals surface area contributed by atoms with E-state index >= 15 is 0 Å². The van der Waals surface area contributed by atoms with E-state index < -0.39 is 0 Å². The Balaban J connectivity index is 0.000000159. The number of Topliss-reactive ketones (excluding diaryl/α,β-unsaturated/α-hetero) is 2. The molecule has 17 heteroatoms. The van der Waals surface area contributed by atoms with Gasteiger partial charge in [-0.15, -0.1) is 0 Å². The minimum atomic E-state index is 0.300. The Labute approximate surface area is 436 Å². The summed E-state index contributed by atoms with van der Waals surface area (Å²) in [6.45, 7) is 11.5. The Morgan fingerprint density at radius 2 is 1.06 bits per heavy atom. The average Bonchev–Trinajstić information content (AvgIpc) is 4.09. The molecular weight excluding hydrogens is 1430 g/mol. The number of piperazine rings is 2. The third-order valence-corrected chi connectivity index (χ3v) is 13.6. The molecule has 0 spiro atoms. The molecule has 4 heterocycles. The molecule has 0 saturated carbocycles. The number of halogens is 7. The number of carbonyl (C=O) groups is 2. The number of hydrogen-bond acceptors (Lipinski definition) is 10. The van der Waals surface area contributed by atoms with Crippen LogP contribution in [0.5, 0.6) is 0 Å². The summed E-state index contributed by atoms with van der Waals surface area (Å²) in [7, 11) is 0. The Morgan fingerprint density at radius 3 is 1.53 bits per heavy atom. The van der Waals surface area contributed by atoms with Crippen molar-refractivity contribution in [3.05, 3.63) is 116 Å². The molecule has 2 aromatic heterocycles. The molecule has 4 aliphatic rings. The van der Waals surface area contributed by atoms with Crippen LogP contribution >= 0.6 is 121 Å². The van der Waals surface area contributed by atoms with E-state index in [1.54, 1.807) is 23.1 Å². The van der Waals surface area contributed by atoms with Crippen LogP contribution in [0.15, 0.2) is 72.8 Å². The van der Waals surface area contributed by atoms with Gasteiger partial charge in [-0.3, -0.25) is 14.5 Å². The molecule has 0 bridgehead atoms. The zero-order valence-corrected chi connectivity index (χ0v) is 48.2. The van der Waals surface area contributed by atoms with Crippen LogP contribution in [0.3, 0.4) is 0 Å². The SMILES string of the molecule is CCCc1cc2c(cc1Cl)CC(=O)C2.II.I[I-]I.O=C1Cc2cc(Cl)c(CCN3CCN(c4nsc5ccccc45)CC3)cc2C1.c1ccc2c(N3CCNCC3)nsc2c1. The number of nitrogens with zero attached hydrogens (tertiary/aromatic N) is 5. The molecule has 0 radical (unpaired) electrons. The van der Waals surface area contributed by atoms with Crippen molar-refractivity contribution in [2.45, 2.75) is 51.9 Å². The van der Waals surface area contributed by atoms with Crippen LogP contribution < -0.4 is 28.4 Å². The summed E-state index contributed by atoms with van der Waals surface area (Å²) in [6, 6.07) is 25.1. The Kier molecular flexibility index (Phi) is 21.7. The fourth-order valence-corrected chi connectivity index (χ4v) is 10.4. The molecule has 332 valence electrons. The van der Waals surface area contributed by atoms with Crippen LogP contribution in [-0.2, 0) is 48.1 Å². The van der Waals surface area contributed by atoms with Crippen LogP contribution in [0.25, 0.3) is 20.2 Å². The molecule has 2 fully saturated rings. The van der Waals surface area contributed by atoms with Gasteiger partial charge in [-0.1, -0.05) is 72.9 Å². The second kappa shape index (κ2) is 26.3. The first kappa shape index (κ1) is 51.1. The fourth-order valence-electron chi connectivity index (χ4n) is 8.25. The van der Waals surface area contributed by atoms with Crippen molar-refractivity contribution in [2.75, 3.05) is 68.7 Å². The first-order valence-electron chi connectivity index (χ1n) is 20.5. The molecule has 10 rings (SSSR count). The molecule has 4 aromatic carbocycles. The van der Waals surface area contributed by atoms with Crippen LogP contribution in [0.1, 0.15) is 46.7 Å². The van der Waals surface area contributed by atoms with Gasteiger partial charge in [0.2, 0.25) is 0 Å². The maximum atomic E-state index is 11.7. The van der Waals surface area contributed by atoms with Gasteiger partial charge in [0.05, 0.1) is 9.40 Å². The van der Waals surface area contributed by atoms with Gasteiger partial charge in [0.25, 0.3) is 0 Å². The van der Waals surface area contributed by atoms with Crippen LogP contribution in [0.2, 0.25) is 10.0 Å². The van der Waals surface area contributed by atoms with Crippen molar-refractivity contribution in [1.82, 2.24) is 19.0 Å². The molecule has 2 aliphatic heterocycles. The van der Waals surface area contributed by atoms with Crippen molar-refractivity contribution in [3.63, 3.8) is 0 Å². The Bertz CT molecular complexity index is 2420. The number of anilines is 2. The Morgan fingerprint density at radius 1 is 0.645 bits per heavy atom. The summed E-state index contributed by atoms with van der Waals surface area (Å²) in [5.41, 5.74) is 6.95. The summed E-state index contributed by atoms with van der Waals surface area (Å²) in [4.78, 5) is 30.2. The van der Waals surface area contributed by atoms with Gasteiger partial charge < -0.3 is 15.1 Å². The number of ketones is 2. The van der Waals surface area contributed by atoms with Crippen molar-refractivity contribution < 1.29 is 22.8 Å². The summed E-state index contributed by atoms with van der Waals surface area (Å²) in [5.74, 6) is 2.90. The third-order valence-electron chi connectivity index (χ3n) is 11.3. The van der Waals surface area contributed by atoms with Crippen molar-refractivity contribution >= 4 is 164 Å². The zero-order valence-electron chi connectivity index (χ0n) is 34.3. The minimum Gasteiger partial charge on any atom is -0.353 e. The second-order valence-electron chi connectivity index (χ2n) is 15.3. The van der Waals surface area contributed by atoms with Gasteiger partial charge in [0, 0.05) is 143 Å². The average molecular weight is 1470 g/mol. The van der Waals surface area contributed by atoms with E-state index in [2.05, 4.69) is 166 Å². The van der Waals surface area contributed by atoms with Gasteiger partial charge in [0.1, 0.15) is 23.2 Å². The molecule has 62 heavy (non-hydrogen) atoms. The molecular formula is C45H48Cl2I5N6O2S2-. The van der Waals surface area contributed by atoms with E-state index in [4.69, 9.17) is 27.6 Å². The van der Waals surface area contributed by atoms with Gasteiger partial charge in [-0.25, -0.2) is 0 Å². The van der Waals surface area contributed by atoms with Gasteiger partial charge in [0.15, 0.2) is 0 Å². The van der Waals surface area contributed by atoms with Gasteiger partial charge in [-0.05, 0) is 106 Å². The van der Waals surface area contributed by atoms with E-state index in [1.165, 1.54) is 42.4 Å². The monoisotopic (exact) mass is 1470 g/mol. The van der Waals surface area contributed by atoms with Crippen molar-refractivity contribution in [1.29, 1.82) is 0 Å². The number of carbonyl (C=O) groups excluding carboxylic acids is 2. The predicted molar refractivity (Wildman–Crippen MR) is 294 cm³/mol. The quantitative estimate of drug-likeness (QED) is 0.159. The smallest absolute Gasteiger partial charge is 0.150 e. The van der Waals surface area contributed by atoms with Gasteiger partial charge in [-0.2, -0.15) is 8.75 Å². The van der Waals surface area contributed by atoms with Crippen LogP contribution in [0.4, 0.5) is 11.6 Å². The first-order valence-corrected chi connectivity index (χ1v) is 41.7. The molecule has 2 saturated heterocycles. The number of aromatic nitrogens is 2. The van der Waals surface area contributed by atoms with Crippen LogP contribution in [-0.4, -0.2) is 84.1 Å². The molecule has 0 atom stereocenters. The molecule has 6 aromatic rings. The predicted octanol–water partition coefficient (Wildman–Crippen LogP) is 9.20. The van der Waals surface area contributed by atoms with Crippen LogP contribution in [0, 0.1) is 0 Å². The molecule has 0 amide bonds. The van der Waals surface area contributed by atoms with E-state index in [0.29, 0.717) is 50.5 Å². The normalized spacial score (nSPS) is 15.8. The number of aryl methyl sites for hydroxylation is 1. The molecule has 1 N–H and O–H groups in total. The van der Waals surface area contributed by atoms with E-state index in [1.807, 2.05) is 12.1 Å². The molecule has 8 nitrogen and oxygen atoms in total. The largest absolute Gasteiger partial charge is 0.353 e. The summed E-state index contributed by atoms with van der Waals surface area (Å²) < 4.78 is 11.8. The number of benzene rings is 4. The maximum Gasteiger partial charge on any atom is 0.150 e. The standard InChI is InChI=1S/C22H22ClN3OS.C12H13ClO.C11H13N3S.I3.I2/c23-20-14-17-13-18(27)12-16(17)11-15(20)5-6-25-7-9-26(10-8-25)22-19-3-1-2-4-21(19)28-24-22;1-2-3-8-4-9-5-11(14)6-10(9)7-12(8)13;1-2-4-10-9(3-1)11(13-15-10)14-7-5-12-6-8-14;1-3-2;1-2/h1-4,11,14H,5-10,12-13H2;4,7H,2-3,5-6H2,1H3;1-4,12H,5-8H2;;/q;;;-1;. The van der Waals surface area contributed by atoms with E-state index in [0.717, 1.165) is 111 Å². The van der Waals surface area contributed by atoms with Crippen molar-refractivity contribution in [2.24, 2.45) is 0 Å². The summed E-state index contributed by atoms with van der Waals surface area (Å²) in [5, 5.41) is 7.54. The zero-order chi connectivity index (χ0) is 44.0. The number of fused-ring (bicyclic) bond motifs is 4. The maximum absolute atomic E-state index is 11.7. The first-order chi connectivity index (χ1) is 30.2. The second-order valence-corrected chi connectivity index (χ2v) is 34.0. The number of nitrogens with one attached hydrogen (secondary N) is 1. The number of rotatable bonds is 7. The minimum absolute atomic E-state index is 0.300. The Hall–Kier alpha value is -0.250. The van der Waals surface area contributed by atoms with E-state index in [-0.39, 0.29) is 0 Å². The summed E-state index contributed by atoms with van der Waals surface area (Å²) in [6.07, 6.45) is 5.31.